The molecule has 0 unspecified atom stereocenters. The lowest BCUT2D eigenvalue weighted by Crippen LogP contribution is -2.36. The lowest BCUT2D eigenvalue weighted by molar-refractivity contribution is -0.148. The number of anilines is 1. The van der Waals surface area contributed by atoms with E-state index in [1.165, 1.54) is 6.42 Å². The average Bonchev–Trinajstić information content (AvgIpc) is 2.67. The minimum absolute atomic E-state index is 0.0235. The number of esters is 1. The Bertz CT molecular complexity index is 672. The molecule has 0 bridgehead atoms. The highest BCUT2D eigenvalue weighted by Gasteiger charge is 2.17. The predicted molar refractivity (Wildman–Crippen MR) is 107 cm³/mol. The summed E-state index contributed by atoms with van der Waals surface area (Å²) in [5, 5.41) is 5.71. The summed E-state index contributed by atoms with van der Waals surface area (Å²) in [6.07, 6.45) is 6.35. The number of ether oxygens (including phenoxy) is 1. The summed E-state index contributed by atoms with van der Waals surface area (Å²) in [4.78, 5) is 35.7. The number of amides is 2. The Morgan fingerprint density at radius 3 is 2.56 bits per heavy atom. The Morgan fingerprint density at radius 1 is 1.11 bits per heavy atom. The monoisotopic (exact) mass is 438 g/mol. The van der Waals surface area contributed by atoms with Crippen LogP contribution in [0.15, 0.2) is 22.7 Å². The normalized spacial score (nSPS) is 14.4. The molecule has 0 radical (unpaired) electrons. The van der Waals surface area contributed by atoms with Gasteiger partial charge in [0, 0.05) is 22.6 Å². The molecule has 1 saturated carbocycles. The largest absolute Gasteiger partial charge is 0.456 e. The van der Waals surface area contributed by atoms with E-state index in [4.69, 9.17) is 4.74 Å². The molecular weight excluding hydrogens is 412 g/mol. The van der Waals surface area contributed by atoms with Gasteiger partial charge in [0.1, 0.15) is 0 Å². The third kappa shape index (κ3) is 7.71. The number of nitrogens with one attached hydrogen (secondary N) is 2. The molecule has 1 aliphatic carbocycles. The van der Waals surface area contributed by atoms with Crippen molar-refractivity contribution in [3.8, 4) is 0 Å². The summed E-state index contributed by atoms with van der Waals surface area (Å²) < 4.78 is 5.91. The first-order chi connectivity index (χ1) is 13.0. The minimum atomic E-state index is -0.546. The van der Waals surface area contributed by atoms with E-state index in [2.05, 4.69) is 26.6 Å². The Morgan fingerprint density at radius 2 is 1.85 bits per heavy atom. The van der Waals surface area contributed by atoms with E-state index in [9.17, 15) is 14.4 Å². The van der Waals surface area contributed by atoms with Gasteiger partial charge in [0.15, 0.2) is 6.61 Å². The first-order valence-corrected chi connectivity index (χ1v) is 10.3. The Hall–Kier alpha value is -1.89. The minimum Gasteiger partial charge on any atom is -0.456 e. The highest BCUT2D eigenvalue weighted by molar-refractivity contribution is 9.10. The van der Waals surface area contributed by atoms with Gasteiger partial charge in [-0.3, -0.25) is 14.4 Å². The molecule has 1 aromatic rings. The van der Waals surface area contributed by atoms with E-state index in [1.54, 1.807) is 6.07 Å². The number of rotatable bonds is 8. The van der Waals surface area contributed by atoms with Gasteiger partial charge in [-0.15, -0.1) is 0 Å². The number of benzene rings is 1. The quantitative estimate of drug-likeness (QED) is 0.605. The summed E-state index contributed by atoms with van der Waals surface area (Å²) >= 11 is 3.40. The summed E-state index contributed by atoms with van der Waals surface area (Å²) in [5.41, 5.74) is 1.69. The SMILES string of the molecule is CCc1cc(Br)ccc1NC(=O)COC(=O)CCC(=O)NC1CCCCC1. The maximum atomic E-state index is 12.0. The first-order valence-electron chi connectivity index (χ1n) is 9.51. The van der Waals surface area contributed by atoms with Gasteiger partial charge in [0.05, 0.1) is 6.42 Å². The first kappa shape index (κ1) is 21.4. The second-order valence-electron chi connectivity index (χ2n) is 6.77. The third-order valence-electron chi connectivity index (χ3n) is 4.61. The fourth-order valence-corrected chi connectivity index (χ4v) is 3.55. The maximum absolute atomic E-state index is 12.0. The summed E-state index contributed by atoms with van der Waals surface area (Å²) in [6.45, 7) is 1.64. The second kappa shape index (κ2) is 11.1. The van der Waals surface area contributed by atoms with Crippen molar-refractivity contribution in [1.82, 2.24) is 5.32 Å². The van der Waals surface area contributed by atoms with Crippen molar-refractivity contribution in [1.29, 1.82) is 0 Å². The molecule has 6 nitrogen and oxygen atoms in total. The molecule has 1 fully saturated rings. The van der Waals surface area contributed by atoms with Gasteiger partial charge in [-0.1, -0.05) is 42.1 Å². The Balaban J connectivity index is 1.67. The number of carbonyl (C=O) groups is 3. The molecule has 2 N–H and O–H groups in total. The van der Waals surface area contributed by atoms with Gasteiger partial charge in [-0.25, -0.2) is 0 Å². The van der Waals surface area contributed by atoms with E-state index >= 15 is 0 Å². The van der Waals surface area contributed by atoms with Gasteiger partial charge in [-0.2, -0.15) is 0 Å². The topological polar surface area (TPSA) is 84.5 Å². The van der Waals surface area contributed by atoms with Crippen molar-refractivity contribution < 1.29 is 19.1 Å². The van der Waals surface area contributed by atoms with Crippen LogP contribution in [-0.2, 0) is 25.5 Å². The fraction of sp³-hybridized carbons (Fsp3) is 0.550. The molecule has 0 aromatic heterocycles. The number of hydrogen-bond donors (Lipinski definition) is 2. The smallest absolute Gasteiger partial charge is 0.306 e. The van der Waals surface area contributed by atoms with Crippen LogP contribution in [0, 0.1) is 0 Å². The average molecular weight is 439 g/mol. The van der Waals surface area contributed by atoms with Crippen LogP contribution < -0.4 is 10.6 Å². The molecule has 27 heavy (non-hydrogen) atoms. The molecule has 2 amide bonds. The van der Waals surface area contributed by atoms with E-state index in [-0.39, 0.29) is 31.4 Å². The molecule has 0 atom stereocenters. The third-order valence-corrected chi connectivity index (χ3v) is 5.11. The fourth-order valence-electron chi connectivity index (χ4n) is 3.14. The number of hydrogen-bond acceptors (Lipinski definition) is 4. The zero-order chi connectivity index (χ0) is 19.6. The van der Waals surface area contributed by atoms with Crippen LogP contribution in [0.3, 0.4) is 0 Å². The number of halogens is 1. The highest BCUT2D eigenvalue weighted by Crippen LogP contribution is 2.21. The van der Waals surface area contributed by atoms with E-state index in [1.807, 2.05) is 19.1 Å². The van der Waals surface area contributed by atoms with Crippen LogP contribution in [0.5, 0.6) is 0 Å². The molecule has 7 heteroatoms. The van der Waals surface area contributed by atoms with Crippen molar-refractivity contribution in [2.45, 2.75) is 64.3 Å². The standard InChI is InChI=1S/C20H27BrN2O4/c1-2-14-12-15(21)8-9-17(14)23-19(25)13-27-20(26)11-10-18(24)22-16-6-4-3-5-7-16/h8-9,12,16H,2-7,10-11,13H2,1H3,(H,22,24)(H,23,25). The van der Waals surface area contributed by atoms with Crippen molar-refractivity contribution in [2.75, 3.05) is 11.9 Å². The van der Waals surface area contributed by atoms with E-state index in [0.717, 1.165) is 42.1 Å². The van der Waals surface area contributed by atoms with Crippen LogP contribution in [0.4, 0.5) is 5.69 Å². The lowest BCUT2D eigenvalue weighted by Gasteiger charge is -2.22. The molecule has 0 aliphatic heterocycles. The number of carbonyl (C=O) groups excluding carboxylic acids is 3. The van der Waals surface area contributed by atoms with Crippen LogP contribution >= 0.6 is 15.9 Å². The zero-order valence-corrected chi connectivity index (χ0v) is 17.3. The van der Waals surface area contributed by atoms with Gasteiger partial charge >= 0.3 is 5.97 Å². The van der Waals surface area contributed by atoms with Gasteiger partial charge in [0.25, 0.3) is 5.91 Å². The van der Waals surface area contributed by atoms with Crippen molar-refractivity contribution in [3.63, 3.8) is 0 Å². The van der Waals surface area contributed by atoms with Crippen LogP contribution in [0.1, 0.15) is 57.4 Å². The molecule has 0 saturated heterocycles. The maximum Gasteiger partial charge on any atom is 0.306 e. The summed E-state index contributed by atoms with van der Waals surface area (Å²) in [6, 6.07) is 5.81. The van der Waals surface area contributed by atoms with Crippen LogP contribution in [0.25, 0.3) is 0 Å². The molecule has 148 valence electrons. The van der Waals surface area contributed by atoms with E-state index in [0.29, 0.717) is 5.69 Å². The summed E-state index contributed by atoms with van der Waals surface area (Å²) in [5.74, 6) is -1.08. The lowest BCUT2D eigenvalue weighted by atomic mass is 9.95. The molecule has 0 heterocycles. The molecule has 2 rings (SSSR count). The van der Waals surface area contributed by atoms with Gasteiger partial charge in [-0.05, 0) is 43.0 Å². The van der Waals surface area contributed by atoms with Crippen LogP contribution in [-0.4, -0.2) is 30.4 Å². The summed E-state index contributed by atoms with van der Waals surface area (Å²) in [7, 11) is 0. The van der Waals surface area contributed by atoms with E-state index < -0.39 is 11.9 Å². The second-order valence-corrected chi connectivity index (χ2v) is 7.68. The Kier molecular flexibility index (Phi) is 8.78. The van der Waals surface area contributed by atoms with Crippen LogP contribution in [0.2, 0.25) is 0 Å². The van der Waals surface area contributed by atoms with Crippen molar-refractivity contribution in [2.24, 2.45) is 0 Å². The predicted octanol–water partition coefficient (Wildman–Crippen LogP) is 3.72. The molecule has 0 spiro atoms. The van der Waals surface area contributed by atoms with Crippen molar-refractivity contribution >= 4 is 39.4 Å². The Labute approximate surface area is 168 Å². The molecule has 1 aliphatic rings. The zero-order valence-electron chi connectivity index (χ0n) is 15.7. The highest BCUT2D eigenvalue weighted by atomic mass is 79.9. The van der Waals surface area contributed by atoms with Gasteiger partial charge < -0.3 is 15.4 Å². The van der Waals surface area contributed by atoms with Gasteiger partial charge in [0.2, 0.25) is 5.91 Å². The number of aryl methyl sites for hydroxylation is 1. The molecular formula is C20H27BrN2O4. The van der Waals surface area contributed by atoms with Crippen molar-refractivity contribution in [3.05, 3.63) is 28.2 Å². The molecule has 1 aromatic carbocycles.